The van der Waals surface area contributed by atoms with E-state index < -0.39 is 0 Å². The summed E-state index contributed by atoms with van der Waals surface area (Å²) in [5, 5.41) is 14.2. The molecule has 1 aromatic carbocycles. The monoisotopic (exact) mass is 541 g/mol. The van der Waals surface area contributed by atoms with E-state index in [4.69, 9.17) is 4.74 Å². The molecule has 0 radical (unpaired) electrons. The van der Waals surface area contributed by atoms with Crippen LogP contribution in [0.15, 0.2) is 54.5 Å². The number of aromatic amines is 1. The molecule has 1 aliphatic carbocycles. The molecule has 208 valence electrons. The van der Waals surface area contributed by atoms with Crippen molar-refractivity contribution in [2.45, 2.75) is 37.7 Å². The molecule has 0 amide bonds. The lowest BCUT2D eigenvalue weighted by Crippen LogP contribution is -2.46. The Kier molecular flexibility index (Phi) is 7.55. The number of nitrogens with one attached hydrogen (secondary N) is 2. The van der Waals surface area contributed by atoms with Crippen molar-refractivity contribution >= 4 is 11.0 Å². The normalized spacial score (nSPS) is 22.3. The molecule has 1 atom stereocenters. The molecule has 9 heteroatoms. The first-order valence-electron chi connectivity index (χ1n) is 14.2. The zero-order chi connectivity index (χ0) is 27.5. The number of H-pyrrole nitrogens is 1. The molecule has 2 aromatic heterocycles. The van der Waals surface area contributed by atoms with Gasteiger partial charge in [-0.15, -0.1) is 0 Å². The van der Waals surface area contributed by atoms with Gasteiger partial charge in [0.15, 0.2) is 0 Å². The number of hydrogen-bond acceptors (Lipinski definition) is 7. The van der Waals surface area contributed by atoms with Crippen molar-refractivity contribution in [3.8, 4) is 23.1 Å². The lowest BCUT2D eigenvalue weighted by atomic mass is 9.80. The summed E-state index contributed by atoms with van der Waals surface area (Å²) < 4.78 is 18.9. The third-order valence-electron chi connectivity index (χ3n) is 8.49. The van der Waals surface area contributed by atoms with Crippen LogP contribution in [0.1, 0.15) is 37.4 Å². The summed E-state index contributed by atoms with van der Waals surface area (Å²) in [5.41, 5.74) is 5.07. The highest BCUT2D eigenvalue weighted by atomic mass is 19.1. The van der Waals surface area contributed by atoms with Gasteiger partial charge >= 0.3 is 0 Å². The lowest BCUT2D eigenvalue weighted by Gasteiger charge is -2.38. The van der Waals surface area contributed by atoms with Crippen molar-refractivity contribution < 1.29 is 9.13 Å². The smallest absolute Gasteiger partial charge is 0.141 e. The molecular weight excluding hydrogens is 505 g/mol. The van der Waals surface area contributed by atoms with Crippen LogP contribution in [0, 0.1) is 11.3 Å². The summed E-state index contributed by atoms with van der Waals surface area (Å²) in [4.78, 5) is 17.3. The second kappa shape index (κ2) is 11.4. The Hall–Kier alpha value is -3.74. The van der Waals surface area contributed by atoms with Gasteiger partial charge in [-0.1, -0.05) is 19.1 Å². The van der Waals surface area contributed by atoms with Crippen LogP contribution in [0.5, 0.6) is 5.75 Å². The Morgan fingerprint density at radius 1 is 1.15 bits per heavy atom. The van der Waals surface area contributed by atoms with Crippen molar-refractivity contribution in [1.82, 2.24) is 30.1 Å². The molecule has 2 saturated heterocycles. The molecule has 6 rings (SSSR count). The molecule has 1 unspecified atom stereocenters. The molecule has 40 heavy (non-hydrogen) atoms. The van der Waals surface area contributed by atoms with E-state index in [-0.39, 0.29) is 18.2 Å². The third-order valence-corrected chi connectivity index (χ3v) is 8.49. The van der Waals surface area contributed by atoms with E-state index in [2.05, 4.69) is 67.4 Å². The van der Waals surface area contributed by atoms with Crippen molar-refractivity contribution in [3.63, 3.8) is 0 Å². The van der Waals surface area contributed by atoms with Gasteiger partial charge in [-0.3, -0.25) is 4.90 Å². The van der Waals surface area contributed by atoms with Crippen LogP contribution in [0.25, 0.3) is 22.3 Å². The number of allylic oxidation sites excluding steroid dienone is 3. The van der Waals surface area contributed by atoms with Gasteiger partial charge in [0.1, 0.15) is 36.6 Å². The van der Waals surface area contributed by atoms with E-state index in [1.54, 1.807) is 6.33 Å². The highest BCUT2D eigenvalue weighted by molar-refractivity contribution is 5.91. The summed E-state index contributed by atoms with van der Waals surface area (Å²) in [6, 6.07) is 10.2. The van der Waals surface area contributed by atoms with E-state index in [0.717, 1.165) is 86.5 Å². The molecule has 0 saturated carbocycles. The highest BCUT2D eigenvalue weighted by Crippen LogP contribution is 2.38. The predicted octanol–water partition coefficient (Wildman–Crippen LogP) is 4.32. The standard InChI is InChI=1S/C31H36FN7O/c1-31(8-4-24(5-9-31)39-16-14-38(13-10-32)15-17-39)28-19-26-29(35-21-36-30(26)37-28)22-2-3-27(23(18-22)20-33)40-25-6-11-34-12-7-25/h2-5,8,18-19,21,25,34H,6-7,9-17H2,1H3,(H,35,36,37). The number of nitriles is 1. The van der Waals surface area contributed by atoms with E-state index in [1.807, 2.05) is 18.2 Å². The maximum atomic E-state index is 12.7. The number of benzene rings is 1. The maximum Gasteiger partial charge on any atom is 0.141 e. The Balaban J connectivity index is 1.21. The summed E-state index contributed by atoms with van der Waals surface area (Å²) in [6.45, 7) is 7.98. The largest absolute Gasteiger partial charge is 0.489 e. The molecule has 0 spiro atoms. The fourth-order valence-corrected chi connectivity index (χ4v) is 5.94. The van der Waals surface area contributed by atoms with E-state index >= 15 is 0 Å². The van der Waals surface area contributed by atoms with Gasteiger partial charge in [-0.25, -0.2) is 14.4 Å². The van der Waals surface area contributed by atoms with Crippen LogP contribution >= 0.6 is 0 Å². The quantitative estimate of drug-likeness (QED) is 0.460. The molecule has 2 fully saturated rings. The Labute approximate surface area is 234 Å². The molecule has 2 N–H and O–H groups in total. The van der Waals surface area contributed by atoms with Gasteiger partial charge in [-0.2, -0.15) is 5.26 Å². The van der Waals surface area contributed by atoms with E-state index in [1.165, 1.54) is 5.70 Å². The third kappa shape index (κ3) is 5.34. The number of piperazine rings is 1. The number of fused-ring (bicyclic) bond motifs is 1. The van der Waals surface area contributed by atoms with Crippen LogP contribution in [0.2, 0.25) is 0 Å². The molecule has 4 heterocycles. The lowest BCUT2D eigenvalue weighted by molar-refractivity contribution is 0.152. The number of halogens is 1. The minimum Gasteiger partial charge on any atom is -0.489 e. The van der Waals surface area contributed by atoms with Gasteiger partial charge in [0.2, 0.25) is 0 Å². The molecule has 3 aromatic rings. The minimum absolute atomic E-state index is 0.127. The fraction of sp³-hybridized carbons (Fsp3) is 0.452. The number of alkyl halides is 1. The number of hydrogen-bond donors (Lipinski definition) is 2. The molecule has 3 aliphatic rings. The number of aromatic nitrogens is 3. The topological polar surface area (TPSA) is 93.1 Å². The number of piperidine rings is 1. The number of ether oxygens (including phenoxy) is 1. The molecule has 8 nitrogen and oxygen atoms in total. The first-order valence-corrected chi connectivity index (χ1v) is 14.2. The van der Waals surface area contributed by atoms with Crippen LogP contribution in [0.3, 0.4) is 0 Å². The van der Waals surface area contributed by atoms with E-state index in [9.17, 15) is 9.65 Å². The van der Waals surface area contributed by atoms with Crippen molar-refractivity contribution in [2.75, 3.05) is 52.5 Å². The van der Waals surface area contributed by atoms with Gasteiger partial charge in [0, 0.05) is 60.5 Å². The first kappa shape index (κ1) is 26.5. The van der Waals surface area contributed by atoms with Crippen molar-refractivity contribution in [2.24, 2.45) is 0 Å². The molecule has 0 bridgehead atoms. The number of rotatable bonds is 7. The van der Waals surface area contributed by atoms with Crippen LogP contribution in [-0.4, -0.2) is 83.3 Å². The summed E-state index contributed by atoms with van der Waals surface area (Å²) in [6.07, 6.45) is 11.2. The Bertz CT molecular complexity index is 1460. The molecule has 2 aliphatic heterocycles. The summed E-state index contributed by atoms with van der Waals surface area (Å²) in [5.74, 6) is 0.629. The first-order chi connectivity index (χ1) is 19.6. The SMILES string of the molecule is CC1(c2cc3c(-c4ccc(OC5CCNCC5)c(C#N)c4)ncnc3[nH]2)C=CC(N2CCN(CCF)CC2)=CC1. The zero-order valence-electron chi connectivity index (χ0n) is 23.0. The maximum absolute atomic E-state index is 12.7. The predicted molar refractivity (Wildman–Crippen MR) is 154 cm³/mol. The molecular formula is C31H36FN7O. The van der Waals surface area contributed by atoms with Crippen molar-refractivity contribution in [1.29, 1.82) is 5.26 Å². The van der Waals surface area contributed by atoms with Gasteiger partial charge in [0.25, 0.3) is 0 Å². The van der Waals surface area contributed by atoms with E-state index in [0.29, 0.717) is 17.9 Å². The average molecular weight is 542 g/mol. The minimum atomic E-state index is -0.282. The second-order valence-electron chi connectivity index (χ2n) is 11.2. The fourth-order valence-electron chi connectivity index (χ4n) is 5.94. The van der Waals surface area contributed by atoms with Gasteiger partial charge in [-0.05, 0) is 62.7 Å². The zero-order valence-corrected chi connectivity index (χ0v) is 23.0. The Morgan fingerprint density at radius 3 is 2.70 bits per heavy atom. The van der Waals surface area contributed by atoms with Gasteiger partial charge < -0.3 is 19.9 Å². The Morgan fingerprint density at radius 2 is 1.98 bits per heavy atom. The van der Waals surface area contributed by atoms with Gasteiger partial charge in [0.05, 0.1) is 11.3 Å². The van der Waals surface area contributed by atoms with Crippen LogP contribution < -0.4 is 10.1 Å². The van der Waals surface area contributed by atoms with Crippen molar-refractivity contribution in [3.05, 3.63) is 65.8 Å². The average Bonchev–Trinajstić information content (AvgIpc) is 3.45. The number of nitrogens with zero attached hydrogens (tertiary/aromatic N) is 5. The summed E-state index contributed by atoms with van der Waals surface area (Å²) in [7, 11) is 0. The van der Waals surface area contributed by atoms with Crippen LogP contribution in [-0.2, 0) is 5.41 Å². The highest BCUT2D eigenvalue weighted by Gasteiger charge is 2.29. The summed E-state index contributed by atoms with van der Waals surface area (Å²) >= 11 is 0. The second-order valence-corrected chi connectivity index (χ2v) is 11.2. The van der Waals surface area contributed by atoms with Crippen LogP contribution in [0.4, 0.5) is 4.39 Å².